The van der Waals surface area contributed by atoms with E-state index in [4.69, 9.17) is 0 Å². The summed E-state index contributed by atoms with van der Waals surface area (Å²) in [5, 5.41) is 1.99. The average molecular weight is 449 g/mol. The van der Waals surface area contributed by atoms with Gasteiger partial charge >= 0.3 is 0 Å². The molecule has 0 bridgehead atoms. The molecule has 0 saturated carbocycles. The number of ketones is 1. The number of benzene rings is 2. The third-order valence-corrected chi connectivity index (χ3v) is 6.46. The second-order valence-corrected chi connectivity index (χ2v) is 8.93. The number of aliphatic imine (C=N–C) groups is 1. The Morgan fingerprint density at radius 1 is 1.00 bits per heavy atom. The topological polar surface area (TPSA) is 101 Å². The number of anilines is 1. The fourth-order valence-electron chi connectivity index (χ4n) is 2.77. The van der Waals surface area contributed by atoms with Crippen molar-refractivity contribution >= 4 is 44.2 Å². The van der Waals surface area contributed by atoms with Crippen LogP contribution >= 0.6 is 11.3 Å². The van der Waals surface area contributed by atoms with E-state index in [1.54, 1.807) is 60.3 Å². The van der Waals surface area contributed by atoms with Crippen LogP contribution in [0.3, 0.4) is 0 Å². The average Bonchev–Trinajstić information content (AvgIpc) is 3.30. The summed E-state index contributed by atoms with van der Waals surface area (Å²) in [6.07, 6.45) is 6.24. The minimum atomic E-state index is -3.72. The molecule has 0 aliphatic rings. The maximum absolute atomic E-state index is 12.8. The zero-order chi connectivity index (χ0) is 21.7. The van der Waals surface area contributed by atoms with Gasteiger partial charge in [-0.1, -0.05) is 24.3 Å². The number of nitrogens with zero attached hydrogens (tertiary/aromatic N) is 3. The Kier molecular flexibility index (Phi) is 5.96. The molecule has 0 spiro atoms. The van der Waals surface area contributed by atoms with Gasteiger partial charge < -0.3 is 0 Å². The van der Waals surface area contributed by atoms with Crippen LogP contribution in [0.4, 0.5) is 10.8 Å². The molecule has 154 valence electrons. The van der Waals surface area contributed by atoms with E-state index in [1.165, 1.54) is 35.9 Å². The minimum Gasteiger partial charge on any atom is -0.289 e. The third kappa shape index (κ3) is 4.90. The van der Waals surface area contributed by atoms with Gasteiger partial charge in [0.15, 0.2) is 10.9 Å². The fourth-order valence-corrected chi connectivity index (χ4v) is 4.56. The second-order valence-electron chi connectivity index (χ2n) is 6.35. The molecule has 0 saturated heterocycles. The number of carbonyl (C=O) groups excluding carboxylic acids is 1. The molecule has 0 amide bonds. The van der Waals surface area contributed by atoms with E-state index in [0.29, 0.717) is 27.5 Å². The summed E-state index contributed by atoms with van der Waals surface area (Å²) in [5.74, 6) is -0.148. The molecule has 0 atom stereocenters. The van der Waals surface area contributed by atoms with Crippen molar-refractivity contribution in [2.45, 2.75) is 4.90 Å². The van der Waals surface area contributed by atoms with Crippen LogP contribution in [-0.2, 0) is 10.0 Å². The lowest BCUT2D eigenvalue weighted by Crippen LogP contribution is -2.12. The van der Waals surface area contributed by atoms with Crippen LogP contribution in [-0.4, -0.2) is 30.4 Å². The lowest BCUT2D eigenvalue weighted by atomic mass is 10.00. The van der Waals surface area contributed by atoms with Crippen molar-refractivity contribution in [2.24, 2.45) is 4.99 Å². The first-order chi connectivity index (χ1) is 15.0. The van der Waals surface area contributed by atoms with Crippen molar-refractivity contribution in [1.29, 1.82) is 0 Å². The number of rotatable bonds is 7. The van der Waals surface area contributed by atoms with Gasteiger partial charge in [0, 0.05) is 46.9 Å². The molecular formula is C22H16N4O3S2. The zero-order valence-electron chi connectivity index (χ0n) is 16.0. The summed E-state index contributed by atoms with van der Waals surface area (Å²) in [7, 11) is -3.72. The first-order valence-corrected chi connectivity index (χ1v) is 11.5. The van der Waals surface area contributed by atoms with Crippen LogP contribution in [0.1, 0.15) is 21.5 Å². The van der Waals surface area contributed by atoms with Gasteiger partial charge in [-0.3, -0.25) is 19.5 Å². The number of thiazole rings is 1. The molecule has 0 unspecified atom stereocenters. The van der Waals surface area contributed by atoms with Crippen molar-refractivity contribution in [3.05, 3.63) is 101 Å². The molecule has 2 aromatic heterocycles. The monoisotopic (exact) mass is 448 g/mol. The van der Waals surface area contributed by atoms with Gasteiger partial charge in [0.2, 0.25) is 0 Å². The predicted octanol–water partition coefficient (Wildman–Crippen LogP) is 4.32. The lowest BCUT2D eigenvalue weighted by molar-refractivity contribution is 0.103. The highest BCUT2D eigenvalue weighted by atomic mass is 32.2. The fraction of sp³-hybridized carbons (Fsp3) is 0. The molecule has 4 aromatic rings. The lowest BCUT2D eigenvalue weighted by Gasteiger charge is -2.06. The predicted molar refractivity (Wildman–Crippen MR) is 121 cm³/mol. The molecule has 0 fully saturated rings. The van der Waals surface area contributed by atoms with Crippen molar-refractivity contribution < 1.29 is 13.2 Å². The van der Waals surface area contributed by atoms with E-state index in [9.17, 15) is 13.2 Å². The molecule has 9 heteroatoms. The van der Waals surface area contributed by atoms with Crippen molar-refractivity contribution in [2.75, 3.05) is 4.72 Å². The Morgan fingerprint density at radius 3 is 2.52 bits per heavy atom. The van der Waals surface area contributed by atoms with Gasteiger partial charge in [-0.25, -0.2) is 13.4 Å². The Labute approximate surface area is 183 Å². The number of aromatic nitrogens is 2. The summed E-state index contributed by atoms with van der Waals surface area (Å²) in [5.41, 5.74) is 2.20. The number of hydrogen-bond donors (Lipinski definition) is 1. The Bertz CT molecular complexity index is 1320. The van der Waals surface area contributed by atoms with Gasteiger partial charge in [-0.2, -0.15) is 0 Å². The van der Waals surface area contributed by atoms with Gasteiger partial charge in [0.1, 0.15) is 0 Å². The standard InChI is InChI=1S/C22H16N4O3S2/c27-21(17-5-3-11-23-14-17)20-6-2-1-4-16(20)15-25-18-7-9-19(10-8-18)31(28,29)26-22-24-12-13-30-22/h1-15H,(H,24,26). The normalized spacial score (nSPS) is 11.5. The molecule has 2 heterocycles. The van der Waals surface area contributed by atoms with E-state index in [0.717, 1.165) is 0 Å². The van der Waals surface area contributed by atoms with E-state index in [2.05, 4.69) is 19.7 Å². The quantitative estimate of drug-likeness (QED) is 0.335. The molecule has 0 aliphatic heterocycles. The van der Waals surface area contributed by atoms with E-state index in [-0.39, 0.29) is 10.7 Å². The molecule has 7 nitrogen and oxygen atoms in total. The van der Waals surface area contributed by atoms with Crippen LogP contribution in [0.2, 0.25) is 0 Å². The number of sulfonamides is 1. The van der Waals surface area contributed by atoms with Gasteiger partial charge in [-0.05, 0) is 36.4 Å². The van der Waals surface area contributed by atoms with E-state index < -0.39 is 10.0 Å². The van der Waals surface area contributed by atoms with Crippen LogP contribution in [0, 0.1) is 0 Å². The van der Waals surface area contributed by atoms with Crippen LogP contribution in [0.5, 0.6) is 0 Å². The Hall–Kier alpha value is -3.69. The maximum Gasteiger partial charge on any atom is 0.263 e. The first-order valence-electron chi connectivity index (χ1n) is 9.13. The number of hydrogen-bond acceptors (Lipinski definition) is 7. The van der Waals surface area contributed by atoms with Crippen molar-refractivity contribution in [3.8, 4) is 0 Å². The highest BCUT2D eigenvalue weighted by Gasteiger charge is 2.15. The molecule has 31 heavy (non-hydrogen) atoms. The molecule has 4 rings (SSSR count). The number of carbonyl (C=O) groups is 1. The highest BCUT2D eigenvalue weighted by Crippen LogP contribution is 2.21. The largest absolute Gasteiger partial charge is 0.289 e. The molecule has 0 radical (unpaired) electrons. The SMILES string of the molecule is O=C(c1cccnc1)c1ccccc1C=Nc1ccc(S(=O)(=O)Nc2nccs2)cc1. The third-order valence-electron chi connectivity index (χ3n) is 4.28. The highest BCUT2D eigenvalue weighted by molar-refractivity contribution is 7.93. The summed E-state index contributed by atoms with van der Waals surface area (Å²) in [4.78, 5) is 25.2. The van der Waals surface area contributed by atoms with E-state index >= 15 is 0 Å². The molecule has 0 aliphatic carbocycles. The van der Waals surface area contributed by atoms with Crippen LogP contribution in [0.15, 0.2) is 94.5 Å². The number of nitrogens with one attached hydrogen (secondary N) is 1. The summed E-state index contributed by atoms with van der Waals surface area (Å²) in [6, 6.07) is 16.7. The molecule has 2 aromatic carbocycles. The molecule has 1 N–H and O–H groups in total. The summed E-state index contributed by atoms with van der Waals surface area (Å²) >= 11 is 1.20. The zero-order valence-corrected chi connectivity index (χ0v) is 17.7. The van der Waals surface area contributed by atoms with Gasteiger partial charge in [0.25, 0.3) is 10.0 Å². The smallest absolute Gasteiger partial charge is 0.263 e. The molecular weight excluding hydrogens is 432 g/mol. The number of pyridine rings is 1. The second kappa shape index (κ2) is 8.99. The van der Waals surface area contributed by atoms with Crippen LogP contribution in [0.25, 0.3) is 0 Å². The van der Waals surface area contributed by atoms with Gasteiger partial charge in [0.05, 0.1) is 10.6 Å². The maximum atomic E-state index is 12.8. The summed E-state index contributed by atoms with van der Waals surface area (Å²) < 4.78 is 27.3. The summed E-state index contributed by atoms with van der Waals surface area (Å²) in [6.45, 7) is 0. The Morgan fingerprint density at radius 2 is 1.81 bits per heavy atom. The van der Waals surface area contributed by atoms with Crippen LogP contribution < -0.4 is 4.72 Å². The van der Waals surface area contributed by atoms with E-state index in [1.807, 2.05) is 6.07 Å². The van der Waals surface area contributed by atoms with Crippen molar-refractivity contribution in [3.63, 3.8) is 0 Å². The Balaban J connectivity index is 1.54. The van der Waals surface area contributed by atoms with Crippen molar-refractivity contribution in [1.82, 2.24) is 9.97 Å². The van der Waals surface area contributed by atoms with Gasteiger partial charge in [-0.15, -0.1) is 11.3 Å². The minimum absolute atomic E-state index is 0.105. The first kappa shape index (κ1) is 20.6.